The van der Waals surface area contributed by atoms with Crippen molar-refractivity contribution in [2.24, 2.45) is 0 Å². The van der Waals surface area contributed by atoms with Gasteiger partial charge in [0.05, 0.1) is 24.4 Å². The zero-order chi connectivity index (χ0) is 20.1. The van der Waals surface area contributed by atoms with Gasteiger partial charge in [-0.15, -0.1) is 11.3 Å². The summed E-state index contributed by atoms with van der Waals surface area (Å²) in [4.78, 5) is 15.5. The number of carboxylic acid groups (broad SMARTS) is 1. The number of ether oxygens (including phenoxy) is 2. The van der Waals surface area contributed by atoms with E-state index < -0.39 is 5.97 Å². The average molecular weight is 398 g/mol. The monoisotopic (exact) mass is 398 g/mol. The molecule has 2 aromatic carbocycles. The standard InChI is InChI=1S/C21H21NO5S/c1-26-16-11-13(12-17(27-2)20(16)25)10-14(6-5-9-19(23)24)21-22-15-7-3-4-8-18(15)28-21/h3-4,7-8,10-12,25H,5-6,9H2,1-2H3,(H,23,24)/p-1/b14-10+. The quantitative estimate of drug-likeness (QED) is 0.625. The lowest BCUT2D eigenvalue weighted by molar-refractivity contribution is -0.305. The van der Waals surface area contributed by atoms with E-state index in [9.17, 15) is 15.0 Å². The molecule has 0 bridgehead atoms. The van der Waals surface area contributed by atoms with Gasteiger partial charge in [-0.25, -0.2) is 4.98 Å². The second kappa shape index (κ2) is 8.75. The number of rotatable bonds is 8. The van der Waals surface area contributed by atoms with E-state index in [1.54, 1.807) is 23.5 Å². The molecule has 0 unspecified atom stereocenters. The molecule has 0 aliphatic carbocycles. The van der Waals surface area contributed by atoms with Crippen molar-refractivity contribution in [1.82, 2.24) is 4.98 Å². The Morgan fingerprint density at radius 1 is 1.18 bits per heavy atom. The SMILES string of the molecule is COc1cc(/C=C(\CCCC(=O)[O-])c2nc3ccccc3s2)cc(OC)c1O. The molecule has 0 amide bonds. The van der Waals surface area contributed by atoms with Gasteiger partial charge in [-0.1, -0.05) is 12.1 Å². The van der Waals surface area contributed by atoms with Crippen molar-refractivity contribution in [3.63, 3.8) is 0 Å². The molecule has 1 aromatic heterocycles. The van der Waals surface area contributed by atoms with Crippen molar-refractivity contribution in [3.8, 4) is 17.2 Å². The first-order valence-corrected chi connectivity index (χ1v) is 9.55. The molecule has 28 heavy (non-hydrogen) atoms. The van der Waals surface area contributed by atoms with Crippen LogP contribution in [0.15, 0.2) is 36.4 Å². The summed E-state index contributed by atoms with van der Waals surface area (Å²) >= 11 is 1.55. The molecule has 0 atom stereocenters. The highest BCUT2D eigenvalue weighted by atomic mass is 32.1. The van der Waals surface area contributed by atoms with Crippen LogP contribution in [-0.2, 0) is 4.79 Å². The largest absolute Gasteiger partial charge is 0.550 e. The number of hydrogen-bond acceptors (Lipinski definition) is 7. The van der Waals surface area contributed by atoms with Gasteiger partial charge >= 0.3 is 0 Å². The zero-order valence-corrected chi connectivity index (χ0v) is 16.4. The number of carbonyl (C=O) groups excluding carboxylic acids is 1. The third-order valence-corrected chi connectivity index (χ3v) is 5.35. The Morgan fingerprint density at radius 2 is 1.86 bits per heavy atom. The van der Waals surface area contributed by atoms with Gasteiger partial charge in [0.25, 0.3) is 0 Å². The Bertz CT molecular complexity index is 967. The van der Waals surface area contributed by atoms with Crippen LogP contribution >= 0.6 is 11.3 Å². The highest BCUT2D eigenvalue weighted by Crippen LogP contribution is 2.39. The number of nitrogens with zero attached hydrogens (tertiary/aromatic N) is 1. The number of para-hydroxylation sites is 1. The minimum Gasteiger partial charge on any atom is -0.550 e. The Hall–Kier alpha value is -3.06. The molecule has 7 heteroatoms. The number of hydrogen-bond donors (Lipinski definition) is 1. The van der Waals surface area contributed by atoms with E-state index in [0.717, 1.165) is 26.4 Å². The van der Waals surface area contributed by atoms with Crippen LogP contribution < -0.4 is 14.6 Å². The maximum atomic E-state index is 10.8. The molecule has 0 spiro atoms. The van der Waals surface area contributed by atoms with Gasteiger partial charge in [0.1, 0.15) is 5.01 Å². The lowest BCUT2D eigenvalue weighted by atomic mass is 10.0. The zero-order valence-electron chi connectivity index (χ0n) is 15.6. The van der Waals surface area contributed by atoms with E-state index in [4.69, 9.17) is 9.47 Å². The number of phenolic OH excluding ortho intramolecular Hbond substituents is 1. The summed E-state index contributed by atoms with van der Waals surface area (Å²) < 4.78 is 11.5. The number of benzene rings is 2. The van der Waals surface area contributed by atoms with Crippen molar-refractivity contribution < 1.29 is 24.5 Å². The molecule has 0 saturated heterocycles. The summed E-state index contributed by atoms with van der Waals surface area (Å²) in [6.07, 6.45) is 2.86. The van der Waals surface area contributed by atoms with Crippen molar-refractivity contribution in [2.45, 2.75) is 19.3 Å². The fraction of sp³-hybridized carbons (Fsp3) is 0.238. The Kier molecular flexibility index (Phi) is 6.16. The smallest absolute Gasteiger partial charge is 0.200 e. The summed E-state index contributed by atoms with van der Waals surface area (Å²) in [7, 11) is 2.94. The molecular weight excluding hydrogens is 378 g/mol. The number of carbonyl (C=O) groups is 1. The fourth-order valence-electron chi connectivity index (χ4n) is 2.87. The molecule has 6 nitrogen and oxygen atoms in total. The summed E-state index contributed by atoms with van der Waals surface area (Å²) in [5.41, 5.74) is 2.56. The number of aliphatic carboxylic acids is 1. The van der Waals surface area contributed by atoms with E-state index in [-0.39, 0.29) is 12.2 Å². The van der Waals surface area contributed by atoms with Gasteiger partial charge in [0, 0.05) is 5.97 Å². The number of allylic oxidation sites excluding steroid dienone is 1. The molecule has 1 N–H and O–H groups in total. The van der Waals surface area contributed by atoms with Crippen molar-refractivity contribution >= 4 is 39.2 Å². The van der Waals surface area contributed by atoms with Gasteiger partial charge in [-0.05, 0) is 60.7 Å². The second-order valence-electron chi connectivity index (χ2n) is 6.16. The molecule has 146 valence electrons. The number of aromatic nitrogens is 1. The number of phenols is 1. The molecule has 0 aliphatic rings. The van der Waals surface area contributed by atoms with Crippen LogP contribution in [0.2, 0.25) is 0 Å². The van der Waals surface area contributed by atoms with Crippen LogP contribution in [-0.4, -0.2) is 30.3 Å². The lowest BCUT2D eigenvalue weighted by Gasteiger charge is -2.11. The van der Waals surface area contributed by atoms with Crippen LogP contribution in [0, 0.1) is 0 Å². The van der Waals surface area contributed by atoms with E-state index in [2.05, 4.69) is 4.98 Å². The third-order valence-electron chi connectivity index (χ3n) is 4.24. The van der Waals surface area contributed by atoms with Gasteiger partial charge in [0.2, 0.25) is 5.75 Å². The van der Waals surface area contributed by atoms with Gasteiger partial charge in [-0.3, -0.25) is 0 Å². The van der Waals surface area contributed by atoms with E-state index in [1.807, 2.05) is 30.3 Å². The lowest BCUT2D eigenvalue weighted by Crippen LogP contribution is -2.21. The minimum absolute atomic E-state index is 0.0234. The van der Waals surface area contributed by atoms with Crippen molar-refractivity contribution in [1.29, 1.82) is 0 Å². The van der Waals surface area contributed by atoms with Crippen molar-refractivity contribution in [2.75, 3.05) is 14.2 Å². The van der Waals surface area contributed by atoms with Crippen LogP contribution in [0.4, 0.5) is 0 Å². The number of fused-ring (bicyclic) bond motifs is 1. The first kappa shape index (κ1) is 19.7. The molecular formula is C21H20NO5S-. The number of thiazole rings is 1. The van der Waals surface area contributed by atoms with E-state index in [1.165, 1.54) is 14.2 Å². The van der Waals surface area contributed by atoms with Crippen molar-refractivity contribution in [3.05, 3.63) is 47.0 Å². The molecule has 0 fully saturated rings. The molecule has 3 aromatic rings. The normalized spacial score (nSPS) is 11.6. The minimum atomic E-state index is -1.07. The topological polar surface area (TPSA) is 91.7 Å². The van der Waals surface area contributed by atoms with Gasteiger partial charge < -0.3 is 24.5 Å². The maximum absolute atomic E-state index is 10.8. The first-order chi connectivity index (χ1) is 13.5. The first-order valence-electron chi connectivity index (χ1n) is 8.73. The highest BCUT2D eigenvalue weighted by Gasteiger charge is 2.13. The Balaban J connectivity index is 2.03. The van der Waals surface area contributed by atoms with E-state index in [0.29, 0.717) is 24.3 Å². The van der Waals surface area contributed by atoms with Gasteiger partial charge in [0.15, 0.2) is 11.5 Å². The van der Waals surface area contributed by atoms with E-state index >= 15 is 0 Å². The second-order valence-corrected chi connectivity index (χ2v) is 7.19. The molecule has 0 radical (unpaired) electrons. The average Bonchev–Trinajstić information content (AvgIpc) is 3.12. The third kappa shape index (κ3) is 4.43. The summed E-state index contributed by atoms with van der Waals surface area (Å²) in [5, 5.41) is 21.8. The number of carboxylic acids is 1. The Labute approximate surface area is 166 Å². The molecule has 1 heterocycles. The van der Waals surface area contributed by atoms with Crippen LogP contribution in [0.25, 0.3) is 21.9 Å². The molecule has 0 saturated carbocycles. The summed E-state index contributed by atoms with van der Waals surface area (Å²) in [6.45, 7) is 0. The predicted octanol–water partition coefficient (Wildman–Crippen LogP) is 3.48. The van der Waals surface area contributed by atoms with Gasteiger partial charge in [-0.2, -0.15) is 0 Å². The van der Waals surface area contributed by atoms with Crippen LogP contribution in [0.3, 0.4) is 0 Å². The predicted molar refractivity (Wildman–Crippen MR) is 108 cm³/mol. The number of methoxy groups -OCH3 is 2. The summed E-state index contributed by atoms with van der Waals surface area (Å²) in [6, 6.07) is 11.2. The molecule has 3 rings (SSSR count). The fourth-order valence-corrected chi connectivity index (χ4v) is 3.88. The highest BCUT2D eigenvalue weighted by molar-refractivity contribution is 7.19. The summed E-state index contributed by atoms with van der Waals surface area (Å²) in [5.74, 6) is -0.551. The molecule has 0 aliphatic heterocycles. The Morgan fingerprint density at radius 3 is 2.46 bits per heavy atom. The number of aromatic hydroxyl groups is 1. The van der Waals surface area contributed by atoms with Crippen LogP contribution in [0.1, 0.15) is 29.8 Å². The van der Waals surface area contributed by atoms with Crippen LogP contribution in [0.5, 0.6) is 17.2 Å². The maximum Gasteiger partial charge on any atom is 0.200 e.